The van der Waals surface area contributed by atoms with E-state index in [9.17, 15) is 21.6 Å². The summed E-state index contributed by atoms with van der Waals surface area (Å²) >= 11 is 6.09. The van der Waals surface area contributed by atoms with Gasteiger partial charge in [0.15, 0.2) is 15.5 Å². The Balaban J connectivity index is 2.15. The molecule has 1 aromatic heterocycles. The summed E-state index contributed by atoms with van der Waals surface area (Å²) in [6.45, 7) is -0.540. The third kappa shape index (κ3) is 4.30. The van der Waals surface area contributed by atoms with Crippen molar-refractivity contribution in [3.8, 4) is 28.1 Å². The lowest BCUT2D eigenvalue weighted by molar-refractivity contribution is -0.140. The fourth-order valence-corrected chi connectivity index (χ4v) is 4.21. The molecule has 0 bridgehead atoms. The summed E-state index contributed by atoms with van der Waals surface area (Å²) in [4.78, 5) is -0.0510. The highest BCUT2D eigenvalue weighted by molar-refractivity contribution is 7.91. The second-order valence-electron chi connectivity index (χ2n) is 6.24. The number of halogens is 4. The number of aromatic nitrogens is 2. The Morgan fingerprint density at radius 1 is 1.13 bits per heavy atom. The highest BCUT2D eigenvalue weighted by atomic mass is 35.5. The molecule has 160 valence electrons. The largest absolute Gasteiger partial charge is 0.495 e. The second-order valence-corrected chi connectivity index (χ2v) is 8.75. The van der Waals surface area contributed by atoms with Gasteiger partial charge in [0.1, 0.15) is 5.75 Å². The van der Waals surface area contributed by atoms with Gasteiger partial charge in [-0.2, -0.15) is 18.3 Å². The molecule has 0 aliphatic rings. The first-order valence-electron chi connectivity index (χ1n) is 8.52. The van der Waals surface area contributed by atoms with Gasteiger partial charge in [0.05, 0.1) is 35.1 Å². The molecule has 2 N–H and O–H groups in total. The lowest BCUT2D eigenvalue weighted by Gasteiger charge is -2.11. The number of rotatable bonds is 6. The van der Waals surface area contributed by atoms with E-state index >= 15 is 0 Å². The fourth-order valence-electron chi connectivity index (χ4n) is 2.93. The van der Waals surface area contributed by atoms with E-state index in [1.165, 1.54) is 49.6 Å². The maximum atomic E-state index is 13.6. The third-order valence-corrected chi connectivity index (χ3v) is 6.34. The first kappa shape index (κ1) is 22.1. The summed E-state index contributed by atoms with van der Waals surface area (Å²) in [6, 6.07) is 9.47. The molecule has 0 radical (unpaired) electrons. The number of alkyl halides is 3. The predicted molar refractivity (Wildman–Crippen MR) is 105 cm³/mol. The average molecular weight is 461 g/mol. The number of benzene rings is 2. The van der Waals surface area contributed by atoms with Gasteiger partial charge in [-0.3, -0.25) is 5.10 Å². The highest BCUT2D eigenvalue weighted by Gasteiger charge is 2.38. The number of ether oxygens (including phenoxy) is 1. The maximum Gasteiger partial charge on any atom is 0.435 e. The zero-order valence-electron chi connectivity index (χ0n) is 15.5. The summed E-state index contributed by atoms with van der Waals surface area (Å²) in [5, 5.41) is 14.8. The van der Waals surface area contributed by atoms with E-state index in [4.69, 9.17) is 21.4 Å². The SMILES string of the molecule is COc1ccc(-c2c(C(F)(F)F)n[nH]c2-c2ccc(S(=O)(=O)CCO)cc2)cc1Cl. The summed E-state index contributed by atoms with van der Waals surface area (Å²) in [6.07, 6.45) is -4.74. The van der Waals surface area contributed by atoms with Gasteiger partial charge >= 0.3 is 6.18 Å². The van der Waals surface area contributed by atoms with Crippen LogP contribution in [0.5, 0.6) is 5.75 Å². The molecule has 1 heterocycles. The summed E-state index contributed by atoms with van der Waals surface area (Å²) in [5.74, 6) is -0.151. The fraction of sp³-hybridized carbons (Fsp3) is 0.211. The lowest BCUT2D eigenvalue weighted by Crippen LogP contribution is -2.09. The van der Waals surface area contributed by atoms with Crippen molar-refractivity contribution in [2.75, 3.05) is 19.5 Å². The van der Waals surface area contributed by atoms with Crippen LogP contribution in [-0.4, -0.2) is 43.2 Å². The molecule has 0 atom stereocenters. The standard InChI is InChI=1S/C19H16ClF3N2O4S/c1-29-15-7-4-12(10-14(15)20)16-17(24-25-18(16)19(21,22)23)11-2-5-13(6-3-11)30(27,28)9-8-26/h2-7,10,26H,8-9H2,1H3,(H,24,25). The van der Waals surface area contributed by atoms with Crippen LogP contribution in [0.15, 0.2) is 47.4 Å². The van der Waals surface area contributed by atoms with Crippen LogP contribution in [0, 0.1) is 0 Å². The Kier molecular flexibility index (Phi) is 6.11. The number of nitrogens with zero attached hydrogens (tertiary/aromatic N) is 1. The molecule has 30 heavy (non-hydrogen) atoms. The van der Waals surface area contributed by atoms with Crippen molar-refractivity contribution >= 4 is 21.4 Å². The number of hydrogen-bond acceptors (Lipinski definition) is 5. The number of nitrogens with one attached hydrogen (secondary N) is 1. The van der Waals surface area contributed by atoms with Crippen molar-refractivity contribution < 1.29 is 31.4 Å². The Morgan fingerprint density at radius 3 is 2.30 bits per heavy atom. The highest BCUT2D eigenvalue weighted by Crippen LogP contribution is 2.42. The maximum absolute atomic E-state index is 13.6. The smallest absolute Gasteiger partial charge is 0.435 e. The lowest BCUT2D eigenvalue weighted by atomic mass is 9.98. The van der Waals surface area contributed by atoms with Gasteiger partial charge in [-0.05, 0) is 29.8 Å². The Hall–Kier alpha value is -2.56. The number of methoxy groups -OCH3 is 1. The molecule has 0 spiro atoms. The van der Waals surface area contributed by atoms with Crippen molar-refractivity contribution in [3.05, 3.63) is 53.2 Å². The molecule has 0 unspecified atom stereocenters. The van der Waals surface area contributed by atoms with Crippen molar-refractivity contribution in [2.45, 2.75) is 11.1 Å². The van der Waals surface area contributed by atoms with Crippen LogP contribution in [0.3, 0.4) is 0 Å². The van der Waals surface area contributed by atoms with Gasteiger partial charge in [0, 0.05) is 11.1 Å². The molecule has 3 aromatic rings. The summed E-state index contributed by atoms with van der Waals surface area (Å²) in [5.41, 5.74) is -0.847. The van der Waals surface area contributed by atoms with Gasteiger partial charge < -0.3 is 9.84 Å². The molecule has 6 nitrogen and oxygen atoms in total. The van der Waals surface area contributed by atoms with Crippen LogP contribution in [-0.2, 0) is 16.0 Å². The van der Waals surface area contributed by atoms with Crippen LogP contribution in [0.4, 0.5) is 13.2 Å². The normalized spacial score (nSPS) is 12.2. The van der Waals surface area contributed by atoms with Gasteiger partial charge in [-0.1, -0.05) is 29.8 Å². The summed E-state index contributed by atoms with van der Waals surface area (Å²) < 4.78 is 69.8. The van der Waals surface area contributed by atoms with Crippen molar-refractivity contribution in [3.63, 3.8) is 0 Å². The molecule has 0 fully saturated rings. The van der Waals surface area contributed by atoms with E-state index in [-0.39, 0.29) is 26.7 Å². The number of aromatic amines is 1. The van der Waals surface area contributed by atoms with Crippen LogP contribution in [0.25, 0.3) is 22.4 Å². The average Bonchev–Trinajstić information content (AvgIpc) is 3.13. The molecule has 0 saturated heterocycles. The topological polar surface area (TPSA) is 92.3 Å². The van der Waals surface area contributed by atoms with E-state index in [1.807, 2.05) is 0 Å². The van der Waals surface area contributed by atoms with E-state index in [0.717, 1.165) is 0 Å². The van der Waals surface area contributed by atoms with E-state index in [2.05, 4.69) is 10.2 Å². The van der Waals surface area contributed by atoms with Crippen LogP contribution in [0.1, 0.15) is 5.69 Å². The predicted octanol–water partition coefficient (Wildman–Crippen LogP) is 4.19. The number of aliphatic hydroxyl groups excluding tert-OH is 1. The zero-order chi connectivity index (χ0) is 22.1. The Morgan fingerprint density at radius 2 is 1.77 bits per heavy atom. The molecule has 0 aliphatic carbocycles. The summed E-state index contributed by atoms with van der Waals surface area (Å²) in [7, 11) is -2.30. The zero-order valence-corrected chi connectivity index (χ0v) is 17.1. The monoisotopic (exact) mass is 460 g/mol. The molecule has 0 saturated carbocycles. The third-order valence-electron chi connectivity index (χ3n) is 4.34. The number of aliphatic hydroxyl groups is 1. The van der Waals surface area contributed by atoms with E-state index in [0.29, 0.717) is 11.3 Å². The van der Waals surface area contributed by atoms with E-state index < -0.39 is 34.1 Å². The number of hydrogen-bond donors (Lipinski definition) is 2. The van der Waals surface area contributed by atoms with Gasteiger partial charge in [-0.15, -0.1) is 0 Å². The molecular formula is C19H16ClF3N2O4S. The molecule has 0 aliphatic heterocycles. The second kappa shape index (κ2) is 8.29. The molecule has 0 amide bonds. The number of sulfone groups is 1. The molecule has 3 rings (SSSR count). The van der Waals surface area contributed by atoms with Gasteiger partial charge in [0.25, 0.3) is 0 Å². The Bertz CT molecular complexity index is 1160. The first-order chi connectivity index (χ1) is 14.1. The van der Waals surface area contributed by atoms with Crippen molar-refractivity contribution in [1.82, 2.24) is 10.2 Å². The quantitative estimate of drug-likeness (QED) is 0.575. The van der Waals surface area contributed by atoms with Crippen molar-refractivity contribution in [1.29, 1.82) is 0 Å². The molecule has 11 heteroatoms. The minimum atomic E-state index is -4.74. The van der Waals surface area contributed by atoms with Crippen LogP contribution in [0.2, 0.25) is 5.02 Å². The minimum absolute atomic E-state index is 0.0506. The van der Waals surface area contributed by atoms with E-state index in [1.54, 1.807) is 0 Å². The van der Waals surface area contributed by atoms with Crippen molar-refractivity contribution in [2.24, 2.45) is 0 Å². The molecule has 2 aromatic carbocycles. The molecular weight excluding hydrogens is 445 g/mol. The first-order valence-corrected chi connectivity index (χ1v) is 10.5. The van der Waals surface area contributed by atoms with Gasteiger partial charge in [0.2, 0.25) is 0 Å². The number of H-pyrrole nitrogens is 1. The minimum Gasteiger partial charge on any atom is -0.495 e. The van der Waals surface area contributed by atoms with Crippen LogP contribution >= 0.6 is 11.6 Å². The van der Waals surface area contributed by atoms with Gasteiger partial charge in [-0.25, -0.2) is 8.42 Å². The van der Waals surface area contributed by atoms with Crippen LogP contribution < -0.4 is 4.74 Å². The Labute approximate surface area is 175 Å².